The first-order chi connectivity index (χ1) is 10.6. The molecule has 1 aromatic heterocycles. The van der Waals surface area contributed by atoms with Gasteiger partial charge in [0.15, 0.2) is 5.82 Å². The number of hydrogen-bond donors (Lipinski definition) is 1. The van der Waals surface area contributed by atoms with Crippen molar-refractivity contribution in [2.75, 3.05) is 0 Å². The van der Waals surface area contributed by atoms with Crippen LogP contribution in [-0.4, -0.2) is 15.7 Å². The van der Waals surface area contributed by atoms with E-state index < -0.39 is 11.7 Å². The van der Waals surface area contributed by atoms with E-state index in [0.717, 1.165) is 16.5 Å². The van der Waals surface area contributed by atoms with Gasteiger partial charge in [0.1, 0.15) is 0 Å². The molecule has 0 aliphatic heterocycles. The molecule has 0 saturated heterocycles. The maximum atomic E-state index is 13.8. The van der Waals surface area contributed by atoms with Crippen molar-refractivity contribution in [1.29, 1.82) is 0 Å². The van der Waals surface area contributed by atoms with Gasteiger partial charge in [0.25, 0.3) is 5.91 Å². The molecule has 112 valence electrons. The third-order valence-electron chi connectivity index (χ3n) is 3.46. The van der Waals surface area contributed by atoms with E-state index in [1.807, 2.05) is 25.2 Å². The number of aryl methyl sites for hydroxylation is 1. The normalized spacial score (nSPS) is 10.9. The quantitative estimate of drug-likeness (QED) is 0.805. The third kappa shape index (κ3) is 2.67. The summed E-state index contributed by atoms with van der Waals surface area (Å²) in [6.45, 7) is 0.298. The van der Waals surface area contributed by atoms with E-state index in [4.69, 9.17) is 11.6 Å². The molecule has 0 aliphatic rings. The van der Waals surface area contributed by atoms with Crippen LogP contribution in [0.3, 0.4) is 0 Å². The Balaban J connectivity index is 1.77. The van der Waals surface area contributed by atoms with Crippen molar-refractivity contribution in [3.05, 3.63) is 64.6 Å². The molecule has 6 heteroatoms. The van der Waals surface area contributed by atoms with Crippen LogP contribution in [-0.2, 0) is 13.6 Å². The fourth-order valence-electron chi connectivity index (χ4n) is 2.26. The Bertz CT molecular complexity index is 860. The molecule has 4 nitrogen and oxygen atoms in total. The molecule has 1 N–H and O–H groups in total. The summed E-state index contributed by atoms with van der Waals surface area (Å²) in [6, 6.07) is 10.1. The van der Waals surface area contributed by atoms with Crippen LogP contribution in [0.5, 0.6) is 0 Å². The van der Waals surface area contributed by atoms with Crippen molar-refractivity contribution in [3.63, 3.8) is 0 Å². The summed E-state index contributed by atoms with van der Waals surface area (Å²) < 4.78 is 15.6. The summed E-state index contributed by atoms with van der Waals surface area (Å²) in [5.41, 5.74) is 1.82. The second-order valence-corrected chi connectivity index (χ2v) is 5.35. The van der Waals surface area contributed by atoms with Gasteiger partial charge in [-0.1, -0.05) is 29.8 Å². The van der Waals surface area contributed by atoms with Gasteiger partial charge < -0.3 is 5.32 Å². The van der Waals surface area contributed by atoms with Gasteiger partial charge in [-0.2, -0.15) is 5.10 Å². The Morgan fingerprint density at radius 3 is 3.00 bits per heavy atom. The molecular formula is C16H13ClFN3O. The van der Waals surface area contributed by atoms with Gasteiger partial charge in [0, 0.05) is 19.0 Å². The van der Waals surface area contributed by atoms with Gasteiger partial charge in [-0.25, -0.2) is 4.39 Å². The number of nitrogens with zero attached hydrogens (tertiary/aromatic N) is 2. The molecule has 0 radical (unpaired) electrons. The zero-order valence-electron chi connectivity index (χ0n) is 11.8. The lowest BCUT2D eigenvalue weighted by Gasteiger charge is -2.07. The number of rotatable bonds is 3. The molecule has 0 aliphatic carbocycles. The van der Waals surface area contributed by atoms with Gasteiger partial charge in [-0.05, 0) is 23.8 Å². The zero-order valence-corrected chi connectivity index (χ0v) is 12.6. The van der Waals surface area contributed by atoms with Gasteiger partial charge in [0.05, 0.1) is 22.3 Å². The van der Waals surface area contributed by atoms with Crippen molar-refractivity contribution >= 4 is 28.4 Å². The van der Waals surface area contributed by atoms with E-state index in [0.29, 0.717) is 6.54 Å². The zero-order chi connectivity index (χ0) is 15.7. The predicted molar refractivity (Wildman–Crippen MR) is 83.3 cm³/mol. The average molecular weight is 318 g/mol. The molecule has 0 saturated carbocycles. The minimum atomic E-state index is -0.705. The molecule has 1 heterocycles. The SMILES string of the molecule is Cn1ncc2ccc(CNC(=O)c3cccc(Cl)c3F)cc21. The first kappa shape index (κ1) is 14.5. The number of amides is 1. The molecule has 0 unspecified atom stereocenters. The fourth-order valence-corrected chi connectivity index (χ4v) is 2.43. The highest BCUT2D eigenvalue weighted by molar-refractivity contribution is 6.31. The summed E-state index contributed by atoms with van der Waals surface area (Å²) in [7, 11) is 1.85. The van der Waals surface area contributed by atoms with Crippen LogP contribution in [0.4, 0.5) is 4.39 Å². The molecule has 3 aromatic rings. The van der Waals surface area contributed by atoms with E-state index in [1.165, 1.54) is 12.1 Å². The van der Waals surface area contributed by atoms with Gasteiger partial charge >= 0.3 is 0 Å². The Labute approximate surface area is 131 Å². The highest BCUT2D eigenvalue weighted by atomic mass is 35.5. The third-order valence-corrected chi connectivity index (χ3v) is 3.75. The summed E-state index contributed by atoms with van der Waals surface area (Å²) in [5, 5.41) is 7.82. The number of halogens is 2. The number of hydrogen-bond acceptors (Lipinski definition) is 2. The van der Waals surface area contributed by atoms with Crippen LogP contribution >= 0.6 is 11.6 Å². The molecule has 0 bridgehead atoms. The molecule has 0 spiro atoms. The van der Waals surface area contributed by atoms with E-state index >= 15 is 0 Å². The Morgan fingerprint density at radius 1 is 1.36 bits per heavy atom. The molecule has 0 atom stereocenters. The highest BCUT2D eigenvalue weighted by Gasteiger charge is 2.13. The number of nitrogens with one attached hydrogen (secondary N) is 1. The van der Waals surface area contributed by atoms with Gasteiger partial charge in [-0.3, -0.25) is 9.48 Å². The number of carbonyl (C=O) groups is 1. The minimum Gasteiger partial charge on any atom is -0.348 e. The predicted octanol–water partition coefficient (Wildman–Crippen LogP) is 3.30. The van der Waals surface area contributed by atoms with Crippen LogP contribution in [0, 0.1) is 5.82 Å². The highest BCUT2D eigenvalue weighted by Crippen LogP contribution is 2.18. The first-order valence-corrected chi connectivity index (χ1v) is 7.07. The average Bonchev–Trinajstić information content (AvgIpc) is 2.89. The van der Waals surface area contributed by atoms with E-state index in [1.54, 1.807) is 16.9 Å². The van der Waals surface area contributed by atoms with Crippen LogP contribution < -0.4 is 5.32 Å². The molecule has 22 heavy (non-hydrogen) atoms. The van der Waals surface area contributed by atoms with Gasteiger partial charge in [-0.15, -0.1) is 0 Å². The summed E-state index contributed by atoms with van der Waals surface area (Å²) in [5.74, 6) is -1.20. The maximum Gasteiger partial charge on any atom is 0.254 e. The molecule has 3 rings (SSSR count). The molecule has 0 fully saturated rings. The lowest BCUT2D eigenvalue weighted by molar-refractivity contribution is 0.0947. The van der Waals surface area contributed by atoms with E-state index in [2.05, 4.69) is 10.4 Å². The summed E-state index contributed by atoms with van der Waals surface area (Å²) in [4.78, 5) is 12.0. The minimum absolute atomic E-state index is 0.0610. The number of carbonyl (C=O) groups excluding carboxylic acids is 1. The van der Waals surface area contributed by atoms with Crippen molar-refractivity contribution in [1.82, 2.24) is 15.1 Å². The standard InChI is InChI=1S/C16H13ClFN3O/c1-21-14-7-10(5-6-11(14)9-20-21)8-19-16(22)12-3-2-4-13(17)15(12)18/h2-7,9H,8H2,1H3,(H,19,22). The maximum absolute atomic E-state index is 13.8. The number of fused-ring (bicyclic) bond motifs is 1. The second-order valence-electron chi connectivity index (χ2n) is 4.95. The molecular weight excluding hydrogens is 305 g/mol. The Kier molecular flexibility index (Phi) is 3.81. The lowest BCUT2D eigenvalue weighted by Crippen LogP contribution is -2.23. The first-order valence-electron chi connectivity index (χ1n) is 6.69. The smallest absolute Gasteiger partial charge is 0.254 e. The van der Waals surface area contributed by atoms with Crippen LogP contribution in [0.1, 0.15) is 15.9 Å². The van der Waals surface area contributed by atoms with E-state index in [-0.39, 0.29) is 10.6 Å². The van der Waals surface area contributed by atoms with Crippen molar-refractivity contribution in [3.8, 4) is 0 Å². The van der Waals surface area contributed by atoms with Gasteiger partial charge in [0.2, 0.25) is 0 Å². The van der Waals surface area contributed by atoms with Crippen LogP contribution in [0.25, 0.3) is 10.9 Å². The largest absolute Gasteiger partial charge is 0.348 e. The van der Waals surface area contributed by atoms with Crippen LogP contribution in [0.15, 0.2) is 42.6 Å². The Morgan fingerprint density at radius 2 is 2.18 bits per heavy atom. The Hall–Kier alpha value is -2.40. The lowest BCUT2D eigenvalue weighted by atomic mass is 10.1. The van der Waals surface area contributed by atoms with Crippen molar-refractivity contribution in [2.24, 2.45) is 7.05 Å². The molecule has 1 amide bonds. The monoisotopic (exact) mass is 317 g/mol. The molecule has 2 aromatic carbocycles. The number of aromatic nitrogens is 2. The fraction of sp³-hybridized carbons (Fsp3) is 0.125. The van der Waals surface area contributed by atoms with Crippen LogP contribution in [0.2, 0.25) is 5.02 Å². The van der Waals surface area contributed by atoms with E-state index in [9.17, 15) is 9.18 Å². The topological polar surface area (TPSA) is 46.9 Å². The number of benzene rings is 2. The summed E-state index contributed by atoms with van der Waals surface area (Å²) in [6.07, 6.45) is 1.78. The van der Waals surface area contributed by atoms with Crippen molar-refractivity contribution < 1.29 is 9.18 Å². The van der Waals surface area contributed by atoms with Crippen molar-refractivity contribution in [2.45, 2.75) is 6.54 Å². The second kappa shape index (κ2) is 5.77. The summed E-state index contributed by atoms with van der Waals surface area (Å²) >= 11 is 5.68.